The minimum absolute atomic E-state index is 0.184. The third-order valence-corrected chi connectivity index (χ3v) is 3.31. The minimum Gasteiger partial charge on any atom is -0.444 e. The van der Waals surface area contributed by atoms with Gasteiger partial charge >= 0.3 is 6.09 Å². The number of nitrogens with zero attached hydrogens (tertiary/aromatic N) is 1. The lowest BCUT2D eigenvalue weighted by atomic mass is 9.94. The molecule has 2 N–H and O–H groups in total. The Morgan fingerprint density at radius 1 is 1.53 bits per heavy atom. The van der Waals surface area contributed by atoms with Crippen molar-refractivity contribution in [1.82, 2.24) is 4.90 Å². The Bertz CT molecular complexity index is 277. The maximum atomic E-state index is 11.6. The average Bonchev–Trinajstić information content (AvgIpc) is 2.71. The highest BCUT2D eigenvalue weighted by Crippen LogP contribution is 2.58. The van der Waals surface area contributed by atoms with E-state index < -0.39 is 5.60 Å². The SMILES string of the molecule is CC(C)(C)OC(=O)N1CC2(C[C@H]2CN)C1. The molecule has 1 aliphatic carbocycles. The van der Waals surface area contributed by atoms with Gasteiger partial charge in [0.1, 0.15) is 5.60 Å². The fraction of sp³-hybridized carbons (Fsp3) is 0.909. The molecule has 0 radical (unpaired) electrons. The first-order chi connectivity index (χ1) is 6.86. The van der Waals surface area contributed by atoms with E-state index in [0.717, 1.165) is 19.6 Å². The summed E-state index contributed by atoms with van der Waals surface area (Å²) in [6.45, 7) is 8.09. The van der Waals surface area contributed by atoms with Crippen LogP contribution in [-0.2, 0) is 4.74 Å². The molecule has 0 unspecified atom stereocenters. The molecule has 0 bridgehead atoms. The molecule has 15 heavy (non-hydrogen) atoms. The van der Waals surface area contributed by atoms with E-state index in [0.29, 0.717) is 11.3 Å². The van der Waals surface area contributed by atoms with E-state index in [9.17, 15) is 4.79 Å². The van der Waals surface area contributed by atoms with Gasteiger partial charge in [0.05, 0.1) is 0 Å². The number of hydrogen-bond acceptors (Lipinski definition) is 3. The maximum absolute atomic E-state index is 11.6. The highest BCUT2D eigenvalue weighted by molar-refractivity contribution is 5.69. The molecule has 0 aromatic rings. The van der Waals surface area contributed by atoms with Crippen LogP contribution in [0.5, 0.6) is 0 Å². The van der Waals surface area contributed by atoms with Gasteiger partial charge in [-0.1, -0.05) is 0 Å². The zero-order chi connectivity index (χ0) is 11.3. The first-order valence-corrected chi connectivity index (χ1v) is 5.54. The highest BCUT2D eigenvalue weighted by Gasteiger charge is 2.61. The molecule has 2 rings (SSSR count). The van der Waals surface area contributed by atoms with Crippen molar-refractivity contribution in [2.24, 2.45) is 17.1 Å². The van der Waals surface area contributed by atoms with Crippen LogP contribution in [0, 0.1) is 11.3 Å². The van der Waals surface area contributed by atoms with Gasteiger partial charge in [-0.15, -0.1) is 0 Å². The van der Waals surface area contributed by atoms with Crippen LogP contribution in [0.25, 0.3) is 0 Å². The smallest absolute Gasteiger partial charge is 0.410 e. The number of hydrogen-bond donors (Lipinski definition) is 1. The molecule has 86 valence electrons. The molecule has 0 aromatic carbocycles. The lowest BCUT2D eigenvalue weighted by Gasteiger charge is -2.41. The normalized spacial score (nSPS) is 27.5. The first-order valence-electron chi connectivity index (χ1n) is 5.54. The quantitative estimate of drug-likeness (QED) is 0.710. The molecule has 0 aromatic heterocycles. The van der Waals surface area contributed by atoms with E-state index in [1.165, 1.54) is 6.42 Å². The van der Waals surface area contributed by atoms with E-state index >= 15 is 0 Å². The van der Waals surface area contributed by atoms with Crippen molar-refractivity contribution < 1.29 is 9.53 Å². The molecule has 4 heteroatoms. The Balaban J connectivity index is 1.78. The number of carbonyl (C=O) groups excluding carboxylic acids is 1. The molecule has 4 nitrogen and oxygen atoms in total. The molecular weight excluding hydrogens is 192 g/mol. The Morgan fingerprint density at radius 3 is 2.53 bits per heavy atom. The molecule has 2 fully saturated rings. The second-order valence-corrected chi connectivity index (χ2v) is 5.84. The summed E-state index contributed by atoms with van der Waals surface area (Å²) in [6.07, 6.45) is 0.999. The Labute approximate surface area is 90.8 Å². The van der Waals surface area contributed by atoms with E-state index in [2.05, 4.69) is 0 Å². The van der Waals surface area contributed by atoms with Crippen molar-refractivity contribution in [2.45, 2.75) is 32.8 Å². The van der Waals surface area contributed by atoms with E-state index in [4.69, 9.17) is 10.5 Å². The second kappa shape index (κ2) is 3.11. The second-order valence-electron chi connectivity index (χ2n) is 5.84. The zero-order valence-electron chi connectivity index (χ0n) is 9.75. The van der Waals surface area contributed by atoms with Crippen LogP contribution in [0.3, 0.4) is 0 Å². The van der Waals surface area contributed by atoms with E-state index in [1.54, 1.807) is 4.90 Å². The molecule has 1 amide bonds. The van der Waals surface area contributed by atoms with Crippen LogP contribution in [0.1, 0.15) is 27.2 Å². The average molecular weight is 212 g/mol. The summed E-state index contributed by atoms with van der Waals surface area (Å²) in [5.74, 6) is 0.635. The van der Waals surface area contributed by atoms with Crippen molar-refractivity contribution in [3.05, 3.63) is 0 Å². The number of nitrogens with two attached hydrogens (primary N) is 1. The number of carbonyl (C=O) groups is 1. The van der Waals surface area contributed by atoms with Crippen molar-refractivity contribution in [2.75, 3.05) is 19.6 Å². The third kappa shape index (κ3) is 1.95. The van der Waals surface area contributed by atoms with Crippen LogP contribution in [0.4, 0.5) is 4.79 Å². The van der Waals surface area contributed by atoms with Crippen LogP contribution >= 0.6 is 0 Å². The van der Waals surface area contributed by atoms with Gasteiger partial charge in [0.2, 0.25) is 0 Å². The summed E-state index contributed by atoms with van der Waals surface area (Å²) in [4.78, 5) is 13.4. The van der Waals surface area contributed by atoms with Gasteiger partial charge in [-0.25, -0.2) is 4.79 Å². The monoisotopic (exact) mass is 212 g/mol. The van der Waals surface area contributed by atoms with Gasteiger partial charge in [0.25, 0.3) is 0 Å². The number of amides is 1. The molecule has 1 heterocycles. The van der Waals surface area contributed by atoms with Crippen LogP contribution < -0.4 is 5.73 Å². The summed E-state index contributed by atoms with van der Waals surface area (Å²) in [6, 6.07) is 0. The zero-order valence-corrected chi connectivity index (χ0v) is 9.75. The maximum Gasteiger partial charge on any atom is 0.410 e. The molecular formula is C11H20N2O2. The molecule has 1 saturated carbocycles. The summed E-state index contributed by atoms with van der Waals surface area (Å²) in [5.41, 5.74) is 5.58. The van der Waals surface area contributed by atoms with Gasteiger partial charge in [-0.3, -0.25) is 0 Å². The first kappa shape index (κ1) is 10.7. The fourth-order valence-electron chi connectivity index (χ4n) is 2.32. The van der Waals surface area contributed by atoms with Crippen LogP contribution in [0.2, 0.25) is 0 Å². The summed E-state index contributed by atoms with van der Waals surface area (Å²) in [5, 5.41) is 0. The van der Waals surface area contributed by atoms with Gasteiger partial charge in [0, 0.05) is 18.5 Å². The molecule has 1 aliphatic heterocycles. The highest BCUT2D eigenvalue weighted by atomic mass is 16.6. The molecule has 1 saturated heterocycles. The van der Waals surface area contributed by atoms with Crippen LogP contribution in [-0.4, -0.2) is 36.2 Å². The molecule has 1 atom stereocenters. The van der Waals surface area contributed by atoms with Crippen molar-refractivity contribution in [1.29, 1.82) is 0 Å². The molecule has 1 spiro atoms. The van der Waals surface area contributed by atoms with Crippen molar-refractivity contribution >= 4 is 6.09 Å². The predicted octanol–water partition coefficient (Wildman–Crippen LogP) is 1.20. The standard InChI is InChI=1S/C11H20N2O2/c1-10(2,3)15-9(14)13-6-11(7-13)4-8(11)5-12/h8H,4-7,12H2,1-3H3/t8-/m0/s1. The predicted molar refractivity (Wildman–Crippen MR) is 57.4 cm³/mol. The Hall–Kier alpha value is -0.770. The summed E-state index contributed by atoms with van der Waals surface area (Å²) in [7, 11) is 0. The minimum atomic E-state index is -0.392. The largest absolute Gasteiger partial charge is 0.444 e. The summed E-state index contributed by atoms with van der Waals surface area (Å²) < 4.78 is 5.29. The van der Waals surface area contributed by atoms with Crippen molar-refractivity contribution in [3.8, 4) is 0 Å². The summed E-state index contributed by atoms with van der Waals surface area (Å²) >= 11 is 0. The van der Waals surface area contributed by atoms with Gasteiger partial charge in [-0.2, -0.15) is 0 Å². The van der Waals surface area contributed by atoms with Crippen LogP contribution in [0.15, 0.2) is 0 Å². The van der Waals surface area contributed by atoms with Gasteiger partial charge < -0.3 is 15.4 Å². The third-order valence-electron chi connectivity index (χ3n) is 3.31. The van der Waals surface area contributed by atoms with Gasteiger partial charge in [-0.05, 0) is 39.7 Å². The lowest BCUT2D eigenvalue weighted by molar-refractivity contribution is -0.00898. The molecule has 2 aliphatic rings. The van der Waals surface area contributed by atoms with E-state index in [-0.39, 0.29) is 6.09 Å². The topological polar surface area (TPSA) is 55.6 Å². The number of rotatable bonds is 1. The lowest BCUT2D eigenvalue weighted by Crippen LogP contribution is -2.54. The van der Waals surface area contributed by atoms with E-state index in [1.807, 2.05) is 20.8 Å². The Kier molecular flexibility index (Phi) is 2.23. The number of likely N-dealkylation sites (tertiary alicyclic amines) is 1. The Morgan fingerprint density at radius 2 is 2.13 bits per heavy atom. The fourth-order valence-corrected chi connectivity index (χ4v) is 2.32. The number of ether oxygens (including phenoxy) is 1. The van der Waals surface area contributed by atoms with Crippen molar-refractivity contribution in [3.63, 3.8) is 0 Å². The van der Waals surface area contributed by atoms with Gasteiger partial charge in [0.15, 0.2) is 0 Å².